The fourth-order valence-corrected chi connectivity index (χ4v) is 6.19. The summed E-state index contributed by atoms with van der Waals surface area (Å²) in [6, 6.07) is 25.8. The normalized spacial score (nSPS) is 11.8. The Labute approximate surface area is 170 Å². The molecule has 0 atom stereocenters. The van der Waals surface area contributed by atoms with Gasteiger partial charge in [0, 0.05) is 0 Å². The molecule has 2 aromatic carbocycles. The van der Waals surface area contributed by atoms with Crippen LogP contribution in [-0.4, -0.2) is 18.9 Å². The van der Waals surface area contributed by atoms with Gasteiger partial charge in [0.2, 0.25) is 0 Å². The molecule has 0 bridgehead atoms. The molecule has 0 saturated heterocycles. The molecule has 3 heteroatoms. The zero-order chi connectivity index (χ0) is 18.9. The van der Waals surface area contributed by atoms with Gasteiger partial charge in [0.1, 0.15) is 0 Å². The average Bonchev–Trinajstić information content (AvgIpc) is 3.30. The number of fused-ring (bicyclic) bond motifs is 2. The number of hydrogen-bond donors (Lipinski definition) is 0. The second-order valence-corrected chi connectivity index (χ2v) is 9.03. The molecular formula is C25H21N2Se+. The summed E-state index contributed by atoms with van der Waals surface area (Å²) < 4.78 is 7.57. The number of benzene rings is 2. The van der Waals surface area contributed by atoms with Crippen LogP contribution in [0.4, 0.5) is 0 Å². The standard InChI is InChI=1S/C25H21N2Se/c1-2-27-23-13-6-7-14-24(23)28-25(27)16-15-20-21(19-10-4-3-5-11-19)18-26-17-9-8-12-22(20)26/h3-18H,2H2,1H3/q+1. The van der Waals surface area contributed by atoms with Crippen LogP contribution in [0.2, 0.25) is 0 Å². The van der Waals surface area contributed by atoms with E-state index in [0.717, 1.165) is 6.54 Å². The molecule has 3 aromatic heterocycles. The summed E-state index contributed by atoms with van der Waals surface area (Å²) in [5, 5.41) is 0. The quantitative estimate of drug-likeness (QED) is 0.271. The van der Waals surface area contributed by atoms with Crippen molar-refractivity contribution in [3.63, 3.8) is 0 Å². The van der Waals surface area contributed by atoms with E-state index in [9.17, 15) is 0 Å². The second kappa shape index (κ2) is 7.27. The van der Waals surface area contributed by atoms with Crippen molar-refractivity contribution in [3.8, 4) is 11.1 Å². The van der Waals surface area contributed by atoms with Gasteiger partial charge in [0.15, 0.2) is 0 Å². The fraction of sp³-hybridized carbons (Fsp3) is 0.0800. The van der Waals surface area contributed by atoms with Gasteiger partial charge < -0.3 is 0 Å². The third-order valence-electron chi connectivity index (χ3n) is 5.15. The van der Waals surface area contributed by atoms with Crippen LogP contribution in [0, 0.1) is 0 Å². The van der Waals surface area contributed by atoms with E-state index < -0.39 is 0 Å². The van der Waals surface area contributed by atoms with Crippen LogP contribution in [0.5, 0.6) is 0 Å². The molecule has 0 N–H and O–H groups in total. The number of aromatic nitrogens is 2. The minimum absolute atomic E-state index is 0.353. The van der Waals surface area contributed by atoms with Crippen LogP contribution >= 0.6 is 0 Å². The first-order valence-corrected chi connectivity index (χ1v) is 11.3. The summed E-state index contributed by atoms with van der Waals surface area (Å²) in [5.74, 6) is 0. The van der Waals surface area contributed by atoms with Crippen LogP contribution in [0.15, 0.2) is 85.2 Å². The van der Waals surface area contributed by atoms with Crippen LogP contribution in [0.3, 0.4) is 0 Å². The third kappa shape index (κ3) is 2.93. The van der Waals surface area contributed by atoms with E-state index in [1.165, 1.54) is 36.6 Å². The minimum atomic E-state index is 0.353. The van der Waals surface area contributed by atoms with Gasteiger partial charge in [0.25, 0.3) is 0 Å². The molecular weight excluding hydrogens is 407 g/mol. The Morgan fingerprint density at radius 1 is 0.893 bits per heavy atom. The number of pyridine rings is 1. The monoisotopic (exact) mass is 429 g/mol. The number of rotatable bonds is 4. The topological polar surface area (TPSA) is 8.29 Å². The van der Waals surface area contributed by atoms with Crippen LogP contribution in [0.25, 0.3) is 38.6 Å². The maximum absolute atomic E-state index is 2.45. The van der Waals surface area contributed by atoms with Crippen molar-refractivity contribution >= 4 is 41.9 Å². The molecule has 136 valence electrons. The molecule has 0 saturated carbocycles. The zero-order valence-electron chi connectivity index (χ0n) is 15.7. The third-order valence-corrected chi connectivity index (χ3v) is 7.53. The molecule has 3 heterocycles. The summed E-state index contributed by atoms with van der Waals surface area (Å²) in [7, 11) is 0. The number of aryl methyl sites for hydroxylation is 1. The Balaban J connectivity index is 1.68. The maximum atomic E-state index is 2.45. The van der Waals surface area contributed by atoms with E-state index >= 15 is 0 Å². The van der Waals surface area contributed by atoms with Crippen molar-refractivity contribution < 1.29 is 4.57 Å². The average molecular weight is 428 g/mol. The summed E-state index contributed by atoms with van der Waals surface area (Å²) in [6.07, 6.45) is 9.00. The first kappa shape index (κ1) is 17.2. The second-order valence-electron chi connectivity index (χ2n) is 6.80. The van der Waals surface area contributed by atoms with Crippen molar-refractivity contribution in [3.05, 3.63) is 95.3 Å². The number of para-hydroxylation sites is 1. The van der Waals surface area contributed by atoms with Crippen LogP contribution in [-0.2, 0) is 6.54 Å². The number of hydrogen-bond acceptors (Lipinski definition) is 0. The Kier molecular flexibility index (Phi) is 4.48. The Morgan fingerprint density at radius 3 is 2.54 bits per heavy atom. The molecule has 0 radical (unpaired) electrons. The molecule has 0 amide bonds. The molecule has 0 fully saturated rings. The first-order chi connectivity index (χ1) is 13.8. The van der Waals surface area contributed by atoms with Gasteiger partial charge in [0.05, 0.1) is 0 Å². The molecule has 0 aliphatic rings. The molecule has 0 spiro atoms. The van der Waals surface area contributed by atoms with Crippen molar-refractivity contribution in [2.75, 3.05) is 0 Å². The van der Waals surface area contributed by atoms with Gasteiger partial charge in [-0.1, -0.05) is 0 Å². The molecule has 2 nitrogen and oxygen atoms in total. The number of nitrogens with zero attached hydrogens (tertiary/aromatic N) is 2. The van der Waals surface area contributed by atoms with Crippen molar-refractivity contribution in [2.45, 2.75) is 13.5 Å². The van der Waals surface area contributed by atoms with Gasteiger partial charge >= 0.3 is 171 Å². The molecule has 5 rings (SSSR count). The van der Waals surface area contributed by atoms with Gasteiger partial charge in [-0.25, -0.2) is 0 Å². The van der Waals surface area contributed by atoms with E-state index in [1.807, 2.05) is 0 Å². The predicted octanol–water partition coefficient (Wildman–Crippen LogP) is 5.29. The first-order valence-electron chi connectivity index (χ1n) is 9.59. The van der Waals surface area contributed by atoms with Crippen LogP contribution < -0.4 is 4.57 Å². The predicted molar refractivity (Wildman–Crippen MR) is 119 cm³/mol. The molecule has 0 aliphatic carbocycles. The van der Waals surface area contributed by atoms with E-state index in [0.29, 0.717) is 14.5 Å². The van der Waals surface area contributed by atoms with E-state index in [1.54, 1.807) is 0 Å². The van der Waals surface area contributed by atoms with Gasteiger partial charge in [-0.05, 0) is 0 Å². The summed E-state index contributed by atoms with van der Waals surface area (Å²) in [6.45, 7) is 3.23. The van der Waals surface area contributed by atoms with Gasteiger partial charge in [-0.15, -0.1) is 0 Å². The molecule has 0 unspecified atom stereocenters. The zero-order valence-corrected chi connectivity index (χ0v) is 17.5. The van der Waals surface area contributed by atoms with E-state index in [-0.39, 0.29) is 0 Å². The van der Waals surface area contributed by atoms with E-state index in [2.05, 4.69) is 113 Å². The van der Waals surface area contributed by atoms with Crippen molar-refractivity contribution in [1.29, 1.82) is 0 Å². The Morgan fingerprint density at radius 2 is 1.68 bits per heavy atom. The van der Waals surface area contributed by atoms with Crippen LogP contribution in [0.1, 0.15) is 17.1 Å². The Bertz CT molecular complexity index is 1290. The van der Waals surface area contributed by atoms with Gasteiger partial charge in [-0.3, -0.25) is 0 Å². The Hall–Kier alpha value is -2.87. The van der Waals surface area contributed by atoms with Crippen molar-refractivity contribution in [2.24, 2.45) is 0 Å². The SMILES string of the molecule is CC[n+]1c(/C=C/c2c(-c3ccccc3)cn3ccccc23)[se]c2ccccc21. The van der Waals surface area contributed by atoms with Gasteiger partial charge in [-0.2, -0.15) is 0 Å². The van der Waals surface area contributed by atoms with E-state index in [4.69, 9.17) is 0 Å². The van der Waals surface area contributed by atoms with Crippen molar-refractivity contribution in [1.82, 2.24) is 4.40 Å². The summed E-state index contributed by atoms with van der Waals surface area (Å²) >= 11 is 0.353. The summed E-state index contributed by atoms with van der Waals surface area (Å²) in [4.78, 5) is 0. The summed E-state index contributed by atoms with van der Waals surface area (Å²) in [5.41, 5.74) is 6.42. The molecule has 28 heavy (non-hydrogen) atoms. The fourth-order valence-electron chi connectivity index (χ4n) is 3.82. The molecule has 0 aliphatic heterocycles. The molecule has 5 aromatic rings.